The van der Waals surface area contributed by atoms with E-state index in [2.05, 4.69) is 36.4 Å². The van der Waals surface area contributed by atoms with Gasteiger partial charge in [0.1, 0.15) is 0 Å². The number of carbonyl (C=O) groups is 1. The van der Waals surface area contributed by atoms with Gasteiger partial charge in [0.25, 0.3) is 5.91 Å². The highest BCUT2D eigenvalue weighted by Crippen LogP contribution is 2.24. The molecule has 0 N–H and O–H groups in total. The lowest BCUT2D eigenvalue weighted by atomic mass is 9.96. The van der Waals surface area contributed by atoms with E-state index in [1.165, 1.54) is 9.99 Å². The molecule has 2 atom stereocenters. The predicted molar refractivity (Wildman–Crippen MR) is 78.1 cm³/mol. The molecular formula is C14H18INO. The zero-order valence-corrected chi connectivity index (χ0v) is 12.5. The number of nitrogens with zero attached hydrogens (tertiary/aromatic N) is 1. The van der Waals surface area contributed by atoms with Crippen LogP contribution in [0.15, 0.2) is 24.3 Å². The molecule has 1 aromatic carbocycles. The fourth-order valence-electron chi connectivity index (χ4n) is 2.56. The Morgan fingerprint density at radius 2 is 1.71 bits per heavy atom. The molecule has 0 spiro atoms. The first-order chi connectivity index (χ1) is 8.09. The summed E-state index contributed by atoms with van der Waals surface area (Å²) in [7, 11) is 0. The molecule has 1 aliphatic rings. The molecule has 0 saturated carbocycles. The number of rotatable bonds is 1. The normalized spacial score (nSPS) is 24.8. The Labute approximate surface area is 117 Å². The Bertz CT molecular complexity index is 391. The van der Waals surface area contributed by atoms with Crippen molar-refractivity contribution in [2.75, 3.05) is 0 Å². The third-order valence-corrected chi connectivity index (χ3v) is 4.24. The number of likely N-dealkylation sites (tertiary alicyclic amines) is 1. The fraction of sp³-hybridized carbons (Fsp3) is 0.500. The van der Waals surface area contributed by atoms with Gasteiger partial charge in [-0.25, -0.2) is 0 Å². The summed E-state index contributed by atoms with van der Waals surface area (Å²) >= 11 is 2.26. The number of amides is 1. The molecule has 0 unspecified atom stereocenters. The van der Waals surface area contributed by atoms with Crippen LogP contribution >= 0.6 is 22.6 Å². The molecule has 0 aliphatic carbocycles. The average Bonchev–Trinajstić information content (AvgIpc) is 2.29. The lowest BCUT2D eigenvalue weighted by Crippen LogP contribution is -2.47. The minimum Gasteiger partial charge on any atom is -0.333 e. The van der Waals surface area contributed by atoms with Crippen LogP contribution in [0.1, 0.15) is 43.5 Å². The van der Waals surface area contributed by atoms with Crippen molar-refractivity contribution in [3.05, 3.63) is 33.4 Å². The third-order valence-electron chi connectivity index (χ3n) is 3.52. The number of hydrogen-bond donors (Lipinski definition) is 0. The van der Waals surface area contributed by atoms with Gasteiger partial charge in [0, 0.05) is 21.2 Å². The van der Waals surface area contributed by atoms with Crippen molar-refractivity contribution in [2.45, 2.75) is 45.2 Å². The number of halogens is 1. The summed E-state index contributed by atoms with van der Waals surface area (Å²) in [5.74, 6) is 0.182. The van der Waals surface area contributed by atoms with Crippen molar-refractivity contribution in [3.8, 4) is 0 Å². The minimum atomic E-state index is 0.182. The molecule has 0 aromatic heterocycles. The Hall–Kier alpha value is -0.580. The number of carbonyl (C=O) groups excluding carboxylic acids is 1. The van der Waals surface area contributed by atoms with Gasteiger partial charge in [0.2, 0.25) is 0 Å². The topological polar surface area (TPSA) is 20.3 Å². The van der Waals surface area contributed by atoms with Gasteiger partial charge in [-0.3, -0.25) is 4.79 Å². The lowest BCUT2D eigenvalue weighted by molar-refractivity contribution is 0.0511. The Morgan fingerprint density at radius 1 is 1.18 bits per heavy atom. The summed E-state index contributed by atoms with van der Waals surface area (Å²) in [5, 5.41) is 0. The molecule has 1 aliphatic heterocycles. The van der Waals surface area contributed by atoms with E-state index in [1.54, 1.807) is 0 Å². The molecule has 3 heteroatoms. The highest BCUT2D eigenvalue weighted by Gasteiger charge is 2.29. The van der Waals surface area contributed by atoms with E-state index < -0.39 is 0 Å². The molecule has 2 rings (SSSR count). The second kappa shape index (κ2) is 5.38. The lowest BCUT2D eigenvalue weighted by Gasteiger charge is -2.39. The van der Waals surface area contributed by atoms with Gasteiger partial charge in [0.05, 0.1) is 0 Å². The van der Waals surface area contributed by atoms with E-state index in [9.17, 15) is 4.79 Å². The Balaban J connectivity index is 2.20. The number of hydrogen-bond acceptors (Lipinski definition) is 1. The maximum Gasteiger partial charge on any atom is 0.254 e. The maximum atomic E-state index is 12.5. The van der Waals surface area contributed by atoms with E-state index in [0.717, 1.165) is 18.4 Å². The zero-order chi connectivity index (χ0) is 12.4. The van der Waals surface area contributed by atoms with Gasteiger partial charge in [-0.05, 0) is 80.0 Å². The van der Waals surface area contributed by atoms with Gasteiger partial charge in [-0.15, -0.1) is 0 Å². The van der Waals surface area contributed by atoms with Crippen LogP contribution in [0.3, 0.4) is 0 Å². The Morgan fingerprint density at radius 3 is 2.24 bits per heavy atom. The maximum absolute atomic E-state index is 12.5. The van der Waals surface area contributed by atoms with Crippen LogP contribution in [0.2, 0.25) is 0 Å². The van der Waals surface area contributed by atoms with Crippen LogP contribution in [-0.2, 0) is 0 Å². The molecule has 92 valence electrons. The molecule has 1 aromatic rings. The minimum absolute atomic E-state index is 0.182. The van der Waals surface area contributed by atoms with Crippen LogP contribution in [0.25, 0.3) is 0 Å². The zero-order valence-electron chi connectivity index (χ0n) is 10.3. The van der Waals surface area contributed by atoms with Crippen molar-refractivity contribution in [1.82, 2.24) is 4.90 Å². The van der Waals surface area contributed by atoms with E-state index in [-0.39, 0.29) is 5.91 Å². The number of piperidine rings is 1. The standard InChI is InChI=1S/C14H18INO/c1-10-4-3-5-11(2)16(10)14(17)12-6-8-13(15)9-7-12/h6-11H,3-5H2,1-2H3/t10-,11+. The van der Waals surface area contributed by atoms with Crippen LogP contribution in [0.4, 0.5) is 0 Å². The molecule has 1 amide bonds. The van der Waals surface area contributed by atoms with Crippen LogP contribution in [-0.4, -0.2) is 22.9 Å². The van der Waals surface area contributed by atoms with Gasteiger partial charge >= 0.3 is 0 Å². The summed E-state index contributed by atoms with van der Waals surface area (Å²) < 4.78 is 1.17. The van der Waals surface area contributed by atoms with Gasteiger partial charge in [-0.1, -0.05) is 0 Å². The second-order valence-corrected chi connectivity index (χ2v) is 6.09. The SMILES string of the molecule is C[C@@H]1CCC[C@H](C)N1C(=O)c1ccc(I)cc1. The van der Waals surface area contributed by atoms with E-state index in [4.69, 9.17) is 0 Å². The molecule has 2 nitrogen and oxygen atoms in total. The van der Waals surface area contributed by atoms with Crippen LogP contribution < -0.4 is 0 Å². The van der Waals surface area contributed by atoms with Crippen molar-refractivity contribution >= 4 is 28.5 Å². The Kier molecular flexibility index (Phi) is 4.07. The monoisotopic (exact) mass is 343 g/mol. The van der Waals surface area contributed by atoms with Crippen molar-refractivity contribution in [1.29, 1.82) is 0 Å². The molecule has 17 heavy (non-hydrogen) atoms. The van der Waals surface area contributed by atoms with E-state index >= 15 is 0 Å². The fourth-order valence-corrected chi connectivity index (χ4v) is 2.92. The van der Waals surface area contributed by atoms with Crippen LogP contribution in [0, 0.1) is 3.57 Å². The summed E-state index contributed by atoms with van der Waals surface area (Å²) in [6.45, 7) is 4.31. The van der Waals surface area contributed by atoms with E-state index in [1.807, 2.05) is 29.2 Å². The average molecular weight is 343 g/mol. The first-order valence-corrected chi connectivity index (χ1v) is 7.25. The molecule has 1 heterocycles. The first-order valence-electron chi connectivity index (χ1n) is 6.18. The quantitative estimate of drug-likeness (QED) is 0.712. The summed E-state index contributed by atoms with van der Waals surface area (Å²) in [6.07, 6.45) is 3.49. The van der Waals surface area contributed by atoms with Gasteiger partial charge < -0.3 is 4.90 Å². The summed E-state index contributed by atoms with van der Waals surface area (Å²) in [6, 6.07) is 8.58. The smallest absolute Gasteiger partial charge is 0.254 e. The largest absolute Gasteiger partial charge is 0.333 e. The molecule has 0 bridgehead atoms. The molecular weight excluding hydrogens is 325 g/mol. The summed E-state index contributed by atoms with van der Waals surface area (Å²) in [5.41, 5.74) is 0.811. The van der Waals surface area contributed by atoms with Crippen molar-refractivity contribution in [2.24, 2.45) is 0 Å². The third kappa shape index (κ3) is 2.81. The van der Waals surface area contributed by atoms with Gasteiger partial charge in [-0.2, -0.15) is 0 Å². The first kappa shape index (κ1) is 12.9. The summed E-state index contributed by atoms with van der Waals surface area (Å²) in [4.78, 5) is 14.5. The predicted octanol–water partition coefficient (Wildman–Crippen LogP) is 3.69. The molecule has 1 fully saturated rings. The van der Waals surface area contributed by atoms with E-state index in [0.29, 0.717) is 12.1 Å². The molecule has 0 radical (unpaired) electrons. The molecule has 1 saturated heterocycles. The van der Waals surface area contributed by atoms with Crippen LogP contribution in [0.5, 0.6) is 0 Å². The van der Waals surface area contributed by atoms with Crippen molar-refractivity contribution in [3.63, 3.8) is 0 Å². The second-order valence-electron chi connectivity index (χ2n) is 4.85. The highest BCUT2D eigenvalue weighted by molar-refractivity contribution is 14.1. The van der Waals surface area contributed by atoms with Gasteiger partial charge in [0.15, 0.2) is 0 Å². The highest BCUT2D eigenvalue weighted by atomic mass is 127. The van der Waals surface area contributed by atoms with Crippen molar-refractivity contribution < 1.29 is 4.79 Å². The number of benzene rings is 1.